The summed E-state index contributed by atoms with van der Waals surface area (Å²) in [6, 6.07) is 22.3. The number of nitrogens with one attached hydrogen (secondary N) is 1. The minimum atomic E-state index is 0.158. The van der Waals surface area contributed by atoms with Gasteiger partial charge < -0.3 is 19.5 Å². The van der Waals surface area contributed by atoms with E-state index in [1.54, 1.807) is 20.4 Å². The SMILES string of the molecule is COc1cc2nccc(Oc3ccc(CNc4ccc(C(C)(C)C)cc4)cc3)c2cc1OC. The molecule has 0 saturated heterocycles. The molecule has 5 heteroatoms. The molecule has 1 N–H and O–H groups in total. The fourth-order valence-corrected chi connectivity index (χ4v) is 3.63. The third-order valence-corrected chi connectivity index (χ3v) is 5.61. The number of aromatic nitrogens is 1. The monoisotopic (exact) mass is 442 g/mol. The molecule has 0 aliphatic carbocycles. The molecule has 0 aliphatic heterocycles. The Morgan fingerprint density at radius 3 is 2.09 bits per heavy atom. The van der Waals surface area contributed by atoms with Crippen LogP contribution < -0.4 is 19.5 Å². The maximum atomic E-state index is 6.17. The lowest BCUT2D eigenvalue weighted by molar-refractivity contribution is 0.355. The highest BCUT2D eigenvalue weighted by molar-refractivity contribution is 5.88. The van der Waals surface area contributed by atoms with Crippen molar-refractivity contribution in [2.45, 2.75) is 32.7 Å². The Kier molecular flexibility index (Phi) is 6.40. The van der Waals surface area contributed by atoms with E-state index in [-0.39, 0.29) is 5.41 Å². The topological polar surface area (TPSA) is 52.6 Å². The van der Waals surface area contributed by atoms with Crippen LogP contribution in [0.1, 0.15) is 31.9 Å². The Hall–Kier alpha value is -3.73. The van der Waals surface area contributed by atoms with Gasteiger partial charge in [-0.1, -0.05) is 45.0 Å². The number of anilines is 1. The van der Waals surface area contributed by atoms with E-state index in [1.807, 2.05) is 30.3 Å². The van der Waals surface area contributed by atoms with Gasteiger partial charge in [0.05, 0.1) is 19.7 Å². The van der Waals surface area contributed by atoms with Crippen LogP contribution in [-0.4, -0.2) is 19.2 Å². The van der Waals surface area contributed by atoms with Gasteiger partial charge in [-0.25, -0.2) is 0 Å². The smallest absolute Gasteiger partial charge is 0.162 e. The van der Waals surface area contributed by atoms with E-state index in [2.05, 4.69) is 67.5 Å². The fraction of sp³-hybridized carbons (Fsp3) is 0.250. The van der Waals surface area contributed by atoms with E-state index >= 15 is 0 Å². The molecule has 3 aromatic carbocycles. The van der Waals surface area contributed by atoms with Gasteiger partial charge in [-0.2, -0.15) is 0 Å². The largest absolute Gasteiger partial charge is 0.493 e. The predicted octanol–water partition coefficient (Wildman–Crippen LogP) is 6.95. The molecular weight excluding hydrogens is 412 g/mol. The second-order valence-electron chi connectivity index (χ2n) is 8.96. The van der Waals surface area contributed by atoms with Crippen molar-refractivity contribution < 1.29 is 14.2 Å². The summed E-state index contributed by atoms with van der Waals surface area (Å²) in [4.78, 5) is 4.43. The second kappa shape index (κ2) is 9.41. The van der Waals surface area contributed by atoms with Crippen molar-refractivity contribution in [2.24, 2.45) is 0 Å². The molecule has 0 unspecified atom stereocenters. The lowest BCUT2D eigenvalue weighted by Crippen LogP contribution is -2.10. The Morgan fingerprint density at radius 2 is 1.45 bits per heavy atom. The van der Waals surface area contributed by atoms with E-state index < -0.39 is 0 Å². The summed E-state index contributed by atoms with van der Waals surface area (Å²) in [5.74, 6) is 2.75. The van der Waals surface area contributed by atoms with Crippen molar-refractivity contribution in [2.75, 3.05) is 19.5 Å². The number of methoxy groups -OCH3 is 2. The van der Waals surface area contributed by atoms with Crippen LogP contribution in [0.5, 0.6) is 23.0 Å². The minimum Gasteiger partial charge on any atom is -0.493 e. The average molecular weight is 443 g/mol. The first kappa shape index (κ1) is 22.5. The maximum Gasteiger partial charge on any atom is 0.162 e. The number of pyridine rings is 1. The van der Waals surface area contributed by atoms with Crippen LogP contribution in [0.3, 0.4) is 0 Å². The molecule has 0 aliphatic rings. The number of fused-ring (bicyclic) bond motifs is 1. The highest BCUT2D eigenvalue weighted by atomic mass is 16.5. The highest BCUT2D eigenvalue weighted by Crippen LogP contribution is 2.36. The standard InChI is InChI=1S/C28H30N2O3/c1-28(2,3)20-8-10-21(11-9-20)30-18-19-6-12-22(13-7-19)33-25-14-15-29-24-17-27(32-5)26(31-4)16-23(24)25/h6-17,30H,18H2,1-5H3. The van der Waals surface area contributed by atoms with Crippen LogP contribution in [0.15, 0.2) is 72.9 Å². The van der Waals surface area contributed by atoms with E-state index in [4.69, 9.17) is 14.2 Å². The molecule has 0 spiro atoms. The Bertz CT molecular complexity index is 1230. The van der Waals surface area contributed by atoms with Crippen LogP contribution >= 0.6 is 0 Å². The highest BCUT2D eigenvalue weighted by Gasteiger charge is 2.13. The molecule has 0 amide bonds. The van der Waals surface area contributed by atoms with Crippen molar-refractivity contribution in [3.63, 3.8) is 0 Å². The van der Waals surface area contributed by atoms with Crippen molar-refractivity contribution in [1.29, 1.82) is 0 Å². The van der Waals surface area contributed by atoms with Crippen LogP contribution in [0.2, 0.25) is 0 Å². The first-order chi connectivity index (χ1) is 15.9. The zero-order valence-corrected chi connectivity index (χ0v) is 19.8. The molecule has 1 heterocycles. The summed E-state index contributed by atoms with van der Waals surface area (Å²) >= 11 is 0. The molecule has 170 valence electrons. The second-order valence-corrected chi connectivity index (χ2v) is 8.96. The number of hydrogen-bond donors (Lipinski definition) is 1. The fourth-order valence-electron chi connectivity index (χ4n) is 3.63. The van der Waals surface area contributed by atoms with Gasteiger partial charge in [0.1, 0.15) is 11.5 Å². The van der Waals surface area contributed by atoms with Gasteiger partial charge in [0.15, 0.2) is 11.5 Å². The Labute approximate surface area is 195 Å². The molecule has 4 aromatic rings. The summed E-state index contributed by atoms with van der Waals surface area (Å²) in [5.41, 5.74) is 4.55. The lowest BCUT2D eigenvalue weighted by atomic mass is 9.87. The predicted molar refractivity (Wildman–Crippen MR) is 134 cm³/mol. The quantitative estimate of drug-likeness (QED) is 0.335. The number of rotatable bonds is 7. The van der Waals surface area contributed by atoms with Gasteiger partial charge in [-0.05, 0) is 52.9 Å². The molecule has 0 bridgehead atoms. The van der Waals surface area contributed by atoms with E-state index in [9.17, 15) is 0 Å². The third-order valence-electron chi connectivity index (χ3n) is 5.61. The van der Waals surface area contributed by atoms with Crippen LogP contribution in [-0.2, 0) is 12.0 Å². The summed E-state index contributed by atoms with van der Waals surface area (Å²) in [6.07, 6.45) is 1.73. The summed E-state index contributed by atoms with van der Waals surface area (Å²) in [5, 5.41) is 4.34. The lowest BCUT2D eigenvalue weighted by Gasteiger charge is -2.19. The molecule has 1 aromatic heterocycles. The molecular formula is C28H30N2O3. The zero-order chi connectivity index (χ0) is 23.4. The van der Waals surface area contributed by atoms with Gasteiger partial charge >= 0.3 is 0 Å². The first-order valence-electron chi connectivity index (χ1n) is 11.0. The Balaban J connectivity index is 1.45. The van der Waals surface area contributed by atoms with Crippen LogP contribution in [0, 0.1) is 0 Å². The van der Waals surface area contributed by atoms with Gasteiger partial charge in [-0.15, -0.1) is 0 Å². The van der Waals surface area contributed by atoms with E-state index in [0.29, 0.717) is 17.2 Å². The van der Waals surface area contributed by atoms with Crippen molar-refractivity contribution in [3.8, 4) is 23.0 Å². The average Bonchev–Trinajstić information content (AvgIpc) is 2.82. The van der Waals surface area contributed by atoms with Gasteiger partial charge in [0.2, 0.25) is 0 Å². The molecule has 0 fully saturated rings. The minimum absolute atomic E-state index is 0.158. The van der Waals surface area contributed by atoms with Crippen LogP contribution in [0.4, 0.5) is 5.69 Å². The van der Waals surface area contributed by atoms with Gasteiger partial charge in [0.25, 0.3) is 0 Å². The summed E-state index contributed by atoms with van der Waals surface area (Å²) < 4.78 is 17.0. The number of benzene rings is 3. The molecule has 4 rings (SSSR count). The van der Waals surface area contributed by atoms with E-state index in [0.717, 1.165) is 28.9 Å². The molecule has 0 saturated carbocycles. The molecule has 33 heavy (non-hydrogen) atoms. The van der Waals surface area contributed by atoms with Crippen molar-refractivity contribution in [3.05, 3.63) is 84.1 Å². The maximum absolute atomic E-state index is 6.17. The first-order valence-corrected chi connectivity index (χ1v) is 11.0. The van der Waals surface area contributed by atoms with Crippen molar-refractivity contribution in [1.82, 2.24) is 4.98 Å². The summed E-state index contributed by atoms with van der Waals surface area (Å²) in [7, 11) is 3.23. The number of hydrogen-bond acceptors (Lipinski definition) is 5. The number of ether oxygens (including phenoxy) is 3. The Morgan fingerprint density at radius 1 is 0.788 bits per heavy atom. The molecule has 0 atom stereocenters. The number of nitrogens with zero attached hydrogens (tertiary/aromatic N) is 1. The third kappa shape index (κ3) is 5.20. The van der Waals surface area contributed by atoms with E-state index in [1.165, 1.54) is 11.1 Å². The zero-order valence-electron chi connectivity index (χ0n) is 19.8. The molecule has 0 radical (unpaired) electrons. The summed E-state index contributed by atoms with van der Waals surface area (Å²) in [6.45, 7) is 7.41. The van der Waals surface area contributed by atoms with Crippen molar-refractivity contribution >= 4 is 16.6 Å². The van der Waals surface area contributed by atoms with Gasteiger partial charge in [0, 0.05) is 29.9 Å². The normalized spacial score (nSPS) is 11.3. The molecule has 5 nitrogen and oxygen atoms in total. The van der Waals surface area contributed by atoms with Crippen LogP contribution in [0.25, 0.3) is 10.9 Å². The van der Waals surface area contributed by atoms with Gasteiger partial charge in [-0.3, -0.25) is 4.98 Å².